The maximum absolute atomic E-state index is 13.0. The van der Waals surface area contributed by atoms with Crippen LogP contribution in [-0.4, -0.2) is 43.0 Å². The van der Waals surface area contributed by atoms with Gasteiger partial charge in [-0.2, -0.15) is 0 Å². The molecule has 1 aromatic heterocycles. The van der Waals surface area contributed by atoms with E-state index in [4.69, 9.17) is 0 Å². The molecule has 8 heteroatoms. The van der Waals surface area contributed by atoms with E-state index >= 15 is 0 Å². The van der Waals surface area contributed by atoms with Crippen molar-refractivity contribution in [2.45, 2.75) is 12.8 Å². The molecule has 0 bridgehead atoms. The van der Waals surface area contributed by atoms with Crippen LogP contribution in [0.2, 0.25) is 0 Å². The average molecular weight is 301 g/mol. The number of pyridine rings is 1. The number of rotatable bonds is 3. The first kappa shape index (κ1) is 14.9. The molecule has 1 aromatic rings. The molecule has 0 radical (unpaired) electrons. The van der Waals surface area contributed by atoms with Gasteiger partial charge in [0.1, 0.15) is 5.82 Å². The zero-order valence-corrected chi connectivity index (χ0v) is 11.9. The second-order valence-electron chi connectivity index (χ2n) is 4.82. The first-order chi connectivity index (χ1) is 9.36. The molecule has 0 unspecified atom stereocenters. The maximum atomic E-state index is 13.0. The van der Waals surface area contributed by atoms with E-state index < -0.39 is 15.8 Å². The molecular formula is C12H16FN3O3S. The van der Waals surface area contributed by atoms with Gasteiger partial charge in [-0.15, -0.1) is 0 Å². The van der Waals surface area contributed by atoms with Crippen molar-refractivity contribution in [1.82, 2.24) is 9.29 Å². The van der Waals surface area contributed by atoms with Crippen LogP contribution in [0.25, 0.3) is 0 Å². The molecule has 110 valence electrons. The van der Waals surface area contributed by atoms with E-state index in [1.165, 1.54) is 16.6 Å². The smallest absolute Gasteiger partial charge is 0.227 e. The minimum Gasteiger partial charge on any atom is -0.324 e. The summed E-state index contributed by atoms with van der Waals surface area (Å²) >= 11 is 0. The quantitative estimate of drug-likeness (QED) is 0.897. The number of sulfonamides is 1. The normalized spacial score (nSPS) is 17.9. The maximum Gasteiger partial charge on any atom is 0.227 e. The SMILES string of the molecule is CS(=O)(=O)N1CCC(C(=O)Nc2cncc(F)c2)CC1. The lowest BCUT2D eigenvalue weighted by Crippen LogP contribution is -2.40. The molecule has 0 aromatic carbocycles. The first-order valence-electron chi connectivity index (χ1n) is 6.23. The summed E-state index contributed by atoms with van der Waals surface area (Å²) in [5, 5.41) is 2.60. The molecule has 1 N–H and O–H groups in total. The van der Waals surface area contributed by atoms with Crippen molar-refractivity contribution >= 4 is 21.6 Å². The van der Waals surface area contributed by atoms with Gasteiger partial charge in [0.2, 0.25) is 15.9 Å². The Morgan fingerprint density at radius 2 is 2.05 bits per heavy atom. The van der Waals surface area contributed by atoms with Crippen LogP contribution in [0.15, 0.2) is 18.5 Å². The van der Waals surface area contributed by atoms with Gasteiger partial charge < -0.3 is 5.32 Å². The van der Waals surface area contributed by atoms with E-state index in [1.54, 1.807) is 0 Å². The van der Waals surface area contributed by atoms with E-state index in [0.717, 1.165) is 12.5 Å². The van der Waals surface area contributed by atoms with E-state index in [-0.39, 0.29) is 11.8 Å². The highest BCUT2D eigenvalue weighted by molar-refractivity contribution is 7.88. The summed E-state index contributed by atoms with van der Waals surface area (Å²) in [5.41, 5.74) is 0.306. The van der Waals surface area contributed by atoms with Crippen LogP contribution >= 0.6 is 0 Å². The topological polar surface area (TPSA) is 79.4 Å². The van der Waals surface area contributed by atoms with Crippen LogP contribution in [-0.2, 0) is 14.8 Å². The van der Waals surface area contributed by atoms with Gasteiger partial charge in [0, 0.05) is 25.1 Å². The van der Waals surface area contributed by atoms with Gasteiger partial charge in [0.05, 0.1) is 24.3 Å². The highest BCUT2D eigenvalue weighted by atomic mass is 32.2. The fourth-order valence-corrected chi connectivity index (χ4v) is 3.05. The molecule has 0 saturated carbocycles. The molecule has 1 aliphatic rings. The first-order valence-corrected chi connectivity index (χ1v) is 8.07. The predicted octanol–water partition coefficient (Wildman–Crippen LogP) is 0.831. The number of amides is 1. The number of hydrogen-bond acceptors (Lipinski definition) is 4. The summed E-state index contributed by atoms with van der Waals surface area (Å²) in [6, 6.07) is 1.19. The third kappa shape index (κ3) is 3.73. The summed E-state index contributed by atoms with van der Waals surface area (Å²) < 4.78 is 37.1. The standard InChI is InChI=1S/C12H16FN3O3S/c1-20(18,19)16-4-2-9(3-5-16)12(17)15-11-6-10(13)7-14-8-11/h6-9H,2-5H2,1H3,(H,15,17). The molecule has 0 atom stereocenters. The van der Waals surface area contributed by atoms with Crippen molar-refractivity contribution in [3.05, 3.63) is 24.3 Å². The number of nitrogens with one attached hydrogen (secondary N) is 1. The molecule has 0 spiro atoms. The van der Waals surface area contributed by atoms with Crippen molar-refractivity contribution in [1.29, 1.82) is 0 Å². The molecule has 20 heavy (non-hydrogen) atoms. The van der Waals surface area contributed by atoms with E-state index in [9.17, 15) is 17.6 Å². The minimum absolute atomic E-state index is 0.231. The van der Waals surface area contributed by atoms with E-state index in [2.05, 4.69) is 10.3 Å². The Kier molecular flexibility index (Phi) is 4.34. The van der Waals surface area contributed by atoms with Gasteiger partial charge in [0.15, 0.2) is 0 Å². The number of anilines is 1. The minimum atomic E-state index is -3.20. The lowest BCUT2D eigenvalue weighted by molar-refractivity contribution is -0.120. The van der Waals surface area contributed by atoms with Crippen LogP contribution < -0.4 is 5.32 Å². The molecular weight excluding hydrogens is 285 g/mol. The molecule has 2 rings (SSSR count). The zero-order chi connectivity index (χ0) is 14.8. The Bertz CT molecular complexity index is 598. The fourth-order valence-electron chi connectivity index (χ4n) is 2.17. The summed E-state index contributed by atoms with van der Waals surface area (Å²) in [7, 11) is -3.20. The van der Waals surface area contributed by atoms with Crippen LogP contribution in [0.4, 0.5) is 10.1 Å². The molecule has 1 fully saturated rings. The Hall–Kier alpha value is -1.54. The van der Waals surface area contributed by atoms with E-state index in [1.807, 2.05) is 0 Å². The number of aromatic nitrogens is 1. The number of nitrogens with zero attached hydrogens (tertiary/aromatic N) is 2. The van der Waals surface area contributed by atoms with Crippen LogP contribution in [0.1, 0.15) is 12.8 Å². The highest BCUT2D eigenvalue weighted by Crippen LogP contribution is 2.21. The largest absolute Gasteiger partial charge is 0.324 e. The van der Waals surface area contributed by atoms with Crippen LogP contribution in [0.5, 0.6) is 0 Å². The molecule has 1 aliphatic heterocycles. The summed E-state index contributed by atoms with van der Waals surface area (Å²) in [4.78, 5) is 15.7. The molecule has 1 amide bonds. The van der Waals surface area contributed by atoms with Crippen molar-refractivity contribution in [3.63, 3.8) is 0 Å². The van der Waals surface area contributed by atoms with Crippen molar-refractivity contribution in [2.24, 2.45) is 5.92 Å². The van der Waals surface area contributed by atoms with Gasteiger partial charge >= 0.3 is 0 Å². The van der Waals surface area contributed by atoms with Gasteiger partial charge in [0.25, 0.3) is 0 Å². The third-order valence-corrected chi connectivity index (χ3v) is 4.57. The summed E-state index contributed by atoms with van der Waals surface area (Å²) in [5.74, 6) is -1.02. The van der Waals surface area contributed by atoms with Crippen molar-refractivity contribution < 1.29 is 17.6 Å². The van der Waals surface area contributed by atoms with Crippen LogP contribution in [0, 0.1) is 11.7 Å². The van der Waals surface area contributed by atoms with Gasteiger partial charge in [-0.05, 0) is 12.8 Å². The summed E-state index contributed by atoms with van der Waals surface area (Å²) in [6.45, 7) is 0.663. The number of carbonyl (C=O) groups excluding carboxylic acids is 1. The average Bonchev–Trinajstić information content (AvgIpc) is 2.38. The zero-order valence-electron chi connectivity index (χ0n) is 11.0. The third-order valence-electron chi connectivity index (χ3n) is 3.27. The lowest BCUT2D eigenvalue weighted by atomic mass is 9.97. The van der Waals surface area contributed by atoms with Crippen LogP contribution in [0.3, 0.4) is 0 Å². The van der Waals surface area contributed by atoms with Gasteiger partial charge in [-0.1, -0.05) is 0 Å². The Morgan fingerprint density at radius 1 is 1.40 bits per heavy atom. The second kappa shape index (κ2) is 5.84. The van der Waals surface area contributed by atoms with Crippen molar-refractivity contribution in [2.75, 3.05) is 24.7 Å². The number of halogens is 1. The second-order valence-corrected chi connectivity index (χ2v) is 6.80. The van der Waals surface area contributed by atoms with Gasteiger partial charge in [-0.3, -0.25) is 9.78 Å². The highest BCUT2D eigenvalue weighted by Gasteiger charge is 2.28. The number of carbonyl (C=O) groups is 1. The van der Waals surface area contributed by atoms with Gasteiger partial charge in [-0.25, -0.2) is 17.1 Å². The van der Waals surface area contributed by atoms with Crippen molar-refractivity contribution in [3.8, 4) is 0 Å². The lowest BCUT2D eigenvalue weighted by Gasteiger charge is -2.29. The molecule has 2 heterocycles. The fraction of sp³-hybridized carbons (Fsp3) is 0.500. The molecule has 6 nitrogen and oxygen atoms in total. The molecule has 0 aliphatic carbocycles. The Balaban J connectivity index is 1.92. The Labute approximate surface area is 117 Å². The number of piperidine rings is 1. The predicted molar refractivity (Wildman–Crippen MR) is 72.0 cm³/mol. The van der Waals surface area contributed by atoms with E-state index in [0.29, 0.717) is 31.6 Å². The molecule has 1 saturated heterocycles. The number of hydrogen-bond donors (Lipinski definition) is 1. The summed E-state index contributed by atoms with van der Waals surface area (Å²) in [6.07, 6.45) is 4.50. The Morgan fingerprint density at radius 3 is 2.60 bits per heavy atom. The monoisotopic (exact) mass is 301 g/mol.